The normalized spacial score (nSPS) is 19.1. The molecule has 1 aliphatic heterocycles. The zero-order valence-electron chi connectivity index (χ0n) is 12.5. The highest BCUT2D eigenvalue weighted by molar-refractivity contribution is 5.41. The second kappa shape index (κ2) is 7.53. The van der Waals surface area contributed by atoms with E-state index in [-0.39, 0.29) is 5.82 Å². The maximum atomic E-state index is 14.4. The van der Waals surface area contributed by atoms with E-state index >= 15 is 0 Å². The van der Waals surface area contributed by atoms with Crippen LogP contribution in [0.15, 0.2) is 6.33 Å². The van der Waals surface area contributed by atoms with Gasteiger partial charge in [0.15, 0.2) is 11.6 Å². The molecule has 0 aromatic carbocycles. The summed E-state index contributed by atoms with van der Waals surface area (Å²) in [5.74, 6) is 0.213. The summed E-state index contributed by atoms with van der Waals surface area (Å²) in [6.07, 6.45) is 6.72. The average molecular weight is 280 g/mol. The Morgan fingerprint density at radius 1 is 1.35 bits per heavy atom. The van der Waals surface area contributed by atoms with Crippen LogP contribution in [0.3, 0.4) is 0 Å². The predicted molar refractivity (Wildman–Crippen MR) is 79.5 cm³/mol. The molecule has 5 heteroatoms. The van der Waals surface area contributed by atoms with Crippen molar-refractivity contribution in [1.82, 2.24) is 15.3 Å². The van der Waals surface area contributed by atoms with Crippen molar-refractivity contribution in [1.29, 1.82) is 0 Å². The van der Waals surface area contributed by atoms with Gasteiger partial charge in [0.25, 0.3) is 0 Å². The van der Waals surface area contributed by atoms with Crippen molar-refractivity contribution >= 4 is 5.82 Å². The molecule has 1 saturated heterocycles. The third kappa shape index (κ3) is 3.66. The van der Waals surface area contributed by atoms with Crippen LogP contribution in [0.25, 0.3) is 0 Å². The molecular weight excluding hydrogens is 255 g/mol. The van der Waals surface area contributed by atoms with E-state index in [1.165, 1.54) is 19.2 Å². The summed E-state index contributed by atoms with van der Waals surface area (Å²) < 4.78 is 14.4. The Morgan fingerprint density at radius 3 is 2.85 bits per heavy atom. The number of rotatable bonds is 6. The van der Waals surface area contributed by atoms with Crippen LogP contribution >= 0.6 is 0 Å². The summed E-state index contributed by atoms with van der Waals surface area (Å²) in [6, 6.07) is 0.440. The van der Waals surface area contributed by atoms with Crippen molar-refractivity contribution < 1.29 is 4.39 Å². The van der Waals surface area contributed by atoms with E-state index in [1.54, 1.807) is 0 Å². The summed E-state index contributed by atoms with van der Waals surface area (Å²) in [5.41, 5.74) is 0.507. The monoisotopic (exact) mass is 280 g/mol. The Bertz CT molecular complexity index is 418. The Labute approximate surface area is 120 Å². The van der Waals surface area contributed by atoms with Crippen LogP contribution in [0, 0.1) is 5.82 Å². The predicted octanol–water partition coefficient (Wildman–Crippen LogP) is 2.54. The van der Waals surface area contributed by atoms with Gasteiger partial charge in [0.2, 0.25) is 0 Å². The molecule has 1 aromatic heterocycles. The molecule has 20 heavy (non-hydrogen) atoms. The van der Waals surface area contributed by atoms with Gasteiger partial charge in [-0.25, -0.2) is 14.4 Å². The van der Waals surface area contributed by atoms with Gasteiger partial charge in [0.05, 0.1) is 5.69 Å². The average Bonchev–Trinajstić information content (AvgIpc) is 2.48. The molecule has 0 bridgehead atoms. The van der Waals surface area contributed by atoms with Gasteiger partial charge in [-0.05, 0) is 32.2 Å². The molecule has 4 nitrogen and oxygen atoms in total. The quantitative estimate of drug-likeness (QED) is 0.869. The largest absolute Gasteiger partial charge is 0.353 e. The Kier molecular flexibility index (Phi) is 5.71. The molecule has 2 heterocycles. The molecule has 0 saturated carbocycles. The first-order valence-corrected chi connectivity index (χ1v) is 7.74. The van der Waals surface area contributed by atoms with Gasteiger partial charge < -0.3 is 10.2 Å². The number of hydrogen-bond donors (Lipinski definition) is 1. The molecule has 112 valence electrons. The number of anilines is 1. The summed E-state index contributed by atoms with van der Waals surface area (Å²) >= 11 is 0. The van der Waals surface area contributed by atoms with Gasteiger partial charge in [0, 0.05) is 19.1 Å². The van der Waals surface area contributed by atoms with Gasteiger partial charge in [-0.15, -0.1) is 0 Å². The number of piperidine rings is 1. The van der Waals surface area contributed by atoms with Gasteiger partial charge in [0.1, 0.15) is 6.33 Å². The van der Waals surface area contributed by atoms with E-state index < -0.39 is 0 Å². The minimum absolute atomic E-state index is 0.251. The van der Waals surface area contributed by atoms with Crippen molar-refractivity contribution in [3.63, 3.8) is 0 Å². The summed E-state index contributed by atoms with van der Waals surface area (Å²) in [5, 5.41) is 3.52. The smallest absolute Gasteiger partial charge is 0.187 e. The van der Waals surface area contributed by atoms with Gasteiger partial charge in [-0.2, -0.15) is 0 Å². The van der Waals surface area contributed by atoms with Crippen LogP contribution in [0.4, 0.5) is 10.2 Å². The summed E-state index contributed by atoms with van der Waals surface area (Å²) in [4.78, 5) is 10.3. The second-order valence-electron chi connectivity index (χ2n) is 5.40. The lowest BCUT2D eigenvalue weighted by Crippen LogP contribution is -2.44. The van der Waals surface area contributed by atoms with E-state index in [0.29, 0.717) is 24.0 Å². The lowest BCUT2D eigenvalue weighted by Gasteiger charge is -2.31. The molecular formula is C15H25FN4. The number of aromatic nitrogens is 2. The van der Waals surface area contributed by atoms with E-state index in [2.05, 4.69) is 27.1 Å². The Balaban J connectivity index is 2.14. The van der Waals surface area contributed by atoms with Crippen LogP contribution in [0.5, 0.6) is 0 Å². The first kappa shape index (κ1) is 15.2. The highest BCUT2D eigenvalue weighted by atomic mass is 19.1. The summed E-state index contributed by atoms with van der Waals surface area (Å²) in [6.45, 7) is 6.75. The van der Waals surface area contributed by atoms with Crippen molar-refractivity contribution in [2.45, 2.75) is 52.0 Å². The molecule has 1 unspecified atom stereocenters. The molecule has 0 spiro atoms. The molecule has 2 rings (SSSR count). The molecule has 0 amide bonds. The van der Waals surface area contributed by atoms with Gasteiger partial charge in [-0.3, -0.25) is 0 Å². The third-order valence-corrected chi connectivity index (χ3v) is 3.82. The maximum absolute atomic E-state index is 14.4. The molecule has 1 aromatic rings. The van der Waals surface area contributed by atoms with Crippen LogP contribution in [0.1, 0.15) is 45.2 Å². The molecule has 1 atom stereocenters. The number of nitrogens with zero attached hydrogens (tertiary/aromatic N) is 3. The zero-order valence-corrected chi connectivity index (χ0v) is 12.5. The standard InChI is InChI=1S/C15H25FN4/c1-3-9-20(10-12-7-5-6-8-17-12)15-14(16)13(4-2)18-11-19-15/h11-12,17H,3-10H2,1-2H3. The lowest BCUT2D eigenvalue weighted by atomic mass is 10.0. The molecule has 1 aliphatic rings. The minimum Gasteiger partial charge on any atom is -0.353 e. The molecule has 1 N–H and O–H groups in total. The molecule has 0 aliphatic carbocycles. The fourth-order valence-electron chi connectivity index (χ4n) is 2.76. The second-order valence-corrected chi connectivity index (χ2v) is 5.40. The van der Waals surface area contributed by atoms with E-state index in [1.807, 2.05) is 6.92 Å². The summed E-state index contributed by atoms with van der Waals surface area (Å²) in [7, 11) is 0. The van der Waals surface area contributed by atoms with Crippen molar-refractivity contribution in [2.24, 2.45) is 0 Å². The van der Waals surface area contributed by atoms with Crippen LogP contribution in [-0.2, 0) is 6.42 Å². The van der Waals surface area contributed by atoms with Crippen molar-refractivity contribution in [2.75, 3.05) is 24.5 Å². The Hall–Kier alpha value is -1.23. The SMILES string of the molecule is CCCN(CC1CCCCN1)c1ncnc(CC)c1F. The van der Waals surface area contributed by atoms with Crippen LogP contribution < -0.4 is 10.2 Å². The topological polar surface area (TPSA) is 41.0 Å². The minimum atomic E-state index is -0.251. The van der Waals surface area contributed by atoms with E-state index in [4.69, 9.17) is 0 Å². The first-order valence-electron chi connectivity index (χ1n) is 7.74. The highest BCUT2D eigenvalue weighted by Gasteiger charge is 2.21. The van der Waals surface area contributed by atoms with Crippen LogP contribution in [-0.4, -0.2) is 35.6 Å². The number of nitrogens with one attached hydrogen (secondary N) is 1. The Morgan fingerprint density at radius 2 is 2.20 bits per heavy atom. The number of aryl methyl sites for hydroxylation is 1. The van der Waals surface area contributed by atoms with Gasteiger partial charge in [-0.1, -0.05) is 20.3 Å². The van der Waals surface area contributed by atoms with Crippen LogP contribution in [0.2, 0.25) is 0 Å². The van der Waals surface area contributed by atoms with E-state index in [9.17, 15) is 4.39 Å². The highest BCUT2D eigenvalue weighted by Crippen LogP contribution is 2.20. The van der Waals surface area contributed by atoms with Crippen molar-refractivity contribution in [3.05, 3.63) is 17.8 Å². The van der Waals surface area contributed by atoms with Gasteiger partial charge >= 0.3 is 0 Å². The third-order valence-electron chi connectivity index (χ3n) is 3.82. The van der Waals surface area contributed by atoms with E-state index in [0.717, 1.165) is 32.5 Å². The fraction of sp³-hybridized carbons (Fsp3) is 0.733. The van der Waals surface area contributed by atoms with Crippen molar-refractivity contribution in [3.8, 4) is 0 Å². The maximum Gasteiger partial charge on any atom is 0.187 e. The number of halogens is 1. The fourth-order valence-corrected chi connectivity index (χ4v) is 2.76. The first-order chi connectivity index (χ1) is 9.76. The molecule has 0 radical (unpaired) electrons. The zero-order chi connectivity index (χ0) is 14.4. The number of hydrogen-bond acceptors (Lipinski definition) is 4. The molecule has 1 fully saturated rings. The lowest BCUT2D eigenvalue weighted by molar-refractivity contribution is 0.396.